The number of allylic oxidation sites excluding steroid dienone is 1. The van der Waals surface area contributed by atoms with Gasteiger partial charge in [0.2, 0.25) is 0 Å². The third-order valence-corrected chi connectivity index (χ3v) is 5.00. The molecule has 2 aromatic carbocycles. The van der Waals surface area contributed by atoms with Gasteiger partial charge >= 0.3 is 0 Å². The lowest BCUT2D eigenvalue weighted by atomic mass is 9.94. The Morgan fingerprint density at radius 3 is 2.50 bits per heavy atom. The summed E-state index contributed by atoms with van der Waals surface area (Å²) in [4.78, 5) is 23.5. The minimum absolute atomic E-state index is 0.129. The predicted molar refractivity (Wildman–Crippen MR) is 112 cm³/mol. The van der Waals surface area contributed by atoms with E-state index in [1.807, 2.05) is 0 Å². The zero-order chi connectivity index (χ0) is 20.4. The van der Waals surface area contributed by atoms with E-state index in [0.717, 1.165) is 0 Å². The van der Waals surface area contributed by atoms with Crippen LogP contribution in [0.15, 0.2) is 53.7 Å². The van der Waals surface area contributed by atoms with Crippen LogP contribution in [0.4, 0.5) is 11.4 Å². The van der Waals surface area contributed by atoms with Gasteiger partial charge in [0.1, 0.15) is 0 Å². The molecular formula is C18H14Cl2N4O3S. The van der Waals surface area contributed by atoms with E-state index < -0.39 is 16.9 Å². The molecule has 3 N–H and O–H groups in total. The number of hydrogen-bond donors (Lipinski definition) is 3. The molecule has 1 aliphatic rings. The van der Waals surface area contributed by atoms with Gasteiger partial charge in [0.05, 0.1) is 16.5 Å². The largest absolute Gasteiger partial charge is 0.351 e. The Morgan fingerprint density at radius 2 is 1.86 bits per heavy atom. The summed E-state index contributed by atoms with van der Waals surface area (Å²) in [7, 11) is 0. The van der Waals surface area contributed by atoms with E-state index in [1.54, 1.807) is 31.2 Å². The van der Waals surface area contributed by atoms with Crippen LogP contribution in [0.3, 0.4) is 0 Å². The van der Waals surface area contributed by atoms with Gasteiger partial charge < -0.3 is 16.0 Å². The SMILES string of the molecule is CC1=C(C(=O)Nc2cccc([N+](=O)[O-])c2)C(c2c(Cl)cccc2Cl)NC(=S)N1. The fraction of sp³-hybridized carbons (Fsp3) is 0.111. The van der Waals surface area contributed by atoms with Crippen LogP contribution in [0.5, 0.6) is 0 Å². The number of anilines is 1. The maximum atomic E-state index is 13.0. The molecule has 28 heavy (non-hydrogen) atoms. The molecule has 0 saturated carbocycles. The van der Waals surface area contributed by atoms with Gasteiger partial charge in [-0.05, 0) is 37.3 Å². The summed E-state index contributed by atoms with van der Waals surface area (Å²) in [5, 5.41) is 20.6. The molecule has 0 aliphatic carbocycles. The highest BCUT2D eigenvalue weighted by Gasteiger charge is 2.32. The lowest BCUT2D eigenvalue weighted by Crippen LogP contribution is -2.46. The lowest BCUT2D eigenvalue weighted by molar-refractivity contribution is -0.384. The van der Waals surface area contributed by atoms with Crippen molar-refractivity contribution in [1.29, 1.82) is 0 Å². The Hall–Kier alpha value is -2.68. The zero-order valence-electron chi connectivity index (χ0n) is 14.5. The number of carbonyl (C=O) groups excluding carboxylic acids is 1. The summed E-state index contributed by atoms with van der Waals surface area (Å²) >= 11 is 17.9. The van der Waals surface area contributed by atoms with Crippen LogP contribution < -0.4 is 16.0 Å². The van der Waals surface area contributed by atoms with Crippen molar-refractivity contribution in [2.45, 2.75) is 13.0 Å². The molecule has 1 atom stereocenters. The highest BCUT2D eigenvalue weighted by Crippen LogP contribution is 2.36. The minimum Gasteiger partial charge on any atom is -0.351 e. The average Bonchev–Trinajstić information content (AvgIpc) is 2.61. The van der Waals surface area contributed by atoms with Crippen molar-refractivity contribution >= 4 is 57.8 Å². The number of amides is 1. The van der Waals surface area contributed by atoms with E-state index in [4.69, 9.17) is 35.4 Å². The number of non-ortho nitro benzene ring substituents is 1. The van der Waals surface area contributed by atoms with Gasteiger partial charge in [0, 0.05) is 39.1 Å². The molecule has 0 radical (unpaired) electrons. The molecule has 0 saturated heterocycles. The second kappa shape index (κ2) is 8.14. The van der Waals surface area contributed by atoms with Crippen molar-refractivity contribution < 1.29 is 9.72 Å². The summed E-state index contributed by atoms with van der Waals surface area (Å²) in [5.74, 6) is -0.471. The van der Waals surface area contributed by atoms with E-state index in [1.165, 1.54) is 18.2 Å². The molecule has 10 heteroatoms. The van der Waals surface area contributed by atoms with E-state index >= 15 is 0 Å². The first-order valence-corrected chi connectivity index (χ1v) is 9.22. The van der Waals surface area contributed by atoms with Gasteiger partial charge in [-0.1, -0.05) is 35.3 Å². The quantitative estimate of drug-likeness (QED) is 0.374. The first-order chi connectivity index (χ1) is 13.3. The number of nitrogens with one attached hydrogen (secondary N) is 3. The van der Waals surface area contributed by atoms with Crippen molar-refractivity contribution in [2.24, 2.45) is 0 Å². The Kier molecular flexibility index (Phi) is 5.83. The van der Waals surface area contributed by atoms with Crippen LogP contribution in [0.2, 0.25) is 10.0 Å². The van der Waals surface area contributed by atoms with Gasteiger partial charge in [-0.2, -0.15) is 0 Å². The standard InChI is InChI=1S/C18H14Cl2N4O3S/c1-9-14(17(25)22-10-4-2-5-11(8-10)24(26)27)16(23-18(28)21-9)15-12(19)6-3-7-13(15)20/h2-8,16H,1H3,(H,22,25)(H2,21,23,28). The van der Waals surface area contributed by atoms with E-state index in [9.17, 15) is 14.9 Å². The number of nitrogens with zero attached hydrogens (tertiary/aromatic N) is 1. The molecule has 0 bridgehead atoms. The lowest BCUT2D eigenvalue weighted by Gasteiger charge is -2.31. The van der Waals surface area contributed by atoms with Crippen molar-refractivity contribution in [3.8, 4) is 0 Å². The van der Waals surface area contributed by atoms with Gasteiger partial charge in [-0.15, -0.1) is 0 Å². The summed E-state index contributed by atoms with van der Waals surface area (Å²) in [6.45, 7) is 1.70. The number of thiocarbonyl (C=S) groups is 1. The number of halogens is 2. The van der Waals surface area contributed by atoms with Gasteiger partial charge in [-0.25, -0.2) is 0 Å². The van der Waals surface area contributed by atoms with Crippen molar-refractivity contribution in [3.63, 3.8) is 0 Å². The highest BCUT2D eigenvalue weighted by atomic mass is 35.5. The first-order valence-electron chi connectivity index (χ1n) is 8.06. The Bertz CT molecular complexity index is 1010. The molecule has 0 fully saturated rings. The molecule has 1 aliphatic heterocycles. The fourth-order valence-electron chi connectivity index (χ4n) is 2.89. The van der Waals surface area contributed by atoms with Gasteiger partial charge in [0.25, 0.3) is 11.6 Å². The smallest absolute Gasteiger partial charge is 0.271 e. The summed E-state index contributed by atoms with van der Waals surface area (Å²) < 4.78 is 0. The molecule has 1 heterocycles. The van der Waals surface area contributed by atoms with Crippen molar-refractivity contribution in [2.75, 3.05) is 5.32 Å². The van der Waals surface area contributed by atoms with Crippen LogP contribution in [0.1, 0.15) is 18.5 Å². The molecule has 0 aromatic heterocycles. The monoisotopic (exact) mass is 436 g/mol. The predicted octanol–water partition coefficient (Wildman–Crippen LogP) is 4.33. The summed E-state index contributed by atoms with van der Waals surface area (Å²) in [6.07, 6.45) is 0. The summed E-state index contributed by atoms with van der Waals surface area (Å²) in [5.41, 5.74) is 1.51. The average molecular weight is 437 g/mol. The Balaban J connectivity index is 2.00. The normalized spacial score (nSPS) is 16.2. The van der Waals surface area contributed by atoms with Gasteiger partial charge in [-0.3, -0.25) is 14.9 Å². The number of rotatable bonds is 4. The topological polar surface area (TPSA) is 96.3 Å². The number of nitro benzene ring substituents is 1. The van der Waals surface area contributed by atoms with E-state index in [-0.39, 0.29) is 11.4 Å². The number of nitro groups is 1. The third-order valence-electron chi connectivity index (χ3n) is 4.12. The number of hydrogen-bond acceptors (Lipinski definition) is 4. The van der Waals surface area contributed by atoms with E-state index in [2.05, 4.69) is 16.0 Å². The minimum atomic E-state index is -0.686. The molecule has 0 spiro atoms. The third kappa shape index (κ3) is 4.09. The van der Waals surface area contributed by atoms with Crippen LogP contribution >= 0.6 is 35.4 Å². The second-order valence-corrected chi connectivity index (χ2v) is 7.19. The van der Waals surface area contributed by atoms with Crippen LogP contribution in [-0.2, 0) is 4.79 Å². The molecule has 144 valence electrons. The number of carbonyl (C=O) groups is 1. The first kappa shape index (κ1) is 20.1. The van der Waals surface area contributed by atoms with Crippen molar-refractivity contribution in [3.05, 3.63) is 79.5 Å². The Labute approximate surface area is 175 Å². The van der Waals surface area contributed by atoms with Crippen molar-refractivity contribution in [1.82, 2.24) is 10.6 Å². The molecule has 2 aromatic rings. The zero-order valence-corrected chi connectivity index (χ0v) is 16.8. The Morgan fingerprint density at radius 1 is 1.21 bits per heavy atom. The molecule has 7 nitrogen and oxygen atoms in total. The van der Waals surface area contributed by atoms with Gasteiger partial charge in [0.15, 0.2) is 5.11 Å². The summed E-state index contributed by atoms with van der Waals surface area (Å²) in [6, 6.07) is 10.0. The molecule has 3 rings (SSSR count). The highest BCUT2D eigenvalue weighted by molar-refractivity contribution is 7.80. The second-order valence-electron chi connectivity index (χ2n) is 5.97. The fourth-order valence-corrected chi connectivity index (χ4v) is 3.78. The molecule has 1 amide bonds. The van der Waals surface area contributed by atoms with Crippen LogP contribution in [-0.4, -0.2) is 15.9 Å². The van der Waals surface area contributed by atoms with Crippen LogP contribution in [0, 0.1) is 10.1 Å². The number of benzene rings is 2. The maximum absolute atomic E-state index is 13.0. The maximum Gasteiger partial charge on any atom is 0.271 e. The van der Waals surface area contributed by atoms with Crippen LogP contribution in [0.25, 0.3) is 0 Å². The van der Waals surface area contributed by atoms with E-state index in [0.29, 0.717) is 32.0 Å². The molecular weight excluding hydrogens is 423 g/mol. The molecule has 1 unspecified atom stereocenters.